The van der Waals surface area contributed by atoms with E-state index < -0.39 is 10.0 Å². The maximum atomic E-state index is 12.4. The third-order valence-electron chi connectivity index (χ3n) is 3.86. The van der Waals surface area contributed by atoms with Crippen molar-refractivity contribution in [1.82, 2.24) is 9.29 Å². The van der Waals surface area contributed by atoms with Crippen molar-refractivity contribution in [2.75, 3.05) is 24.2 Å². The zero-order chi connectivity index (χ0) is 16.2. The smallest absolute Gasteiger partial charge is 0.229 e. The number of sulfonamides is 1. The topological polar surface area (TPSA) is 79.4 Å². The minimum atomic E-state index is -3.24. The minimum absolute atomic E-state index is 0.140. The van der Waals surface area contributed by atoms with Crippen molar-refractivity contribution in [3.8, 4) is 0 Å². The summed E-state index contributed by atoms with van der Waals surface area (Å²) in [4.78, 5) is 16.5. The summed E-state index contributed by atoms with van der Waals surface area (Å²) in [6.07, 6.45) is 3.63. The van der Waals surface area contributed by atoms with Gasteiger partial charge >= 0.3 is 0 Å². The molecule has 122 valence electrons. The van der Waals surface area contributed by atoms with E-state index >= 15 is 0 Å². The lowest BCUT2D eigenvalue weighted by molar-refractivity contribution is -0.120. The molecule has 1 fully saturated rings. The van der Waals surface area contributed by atoms with Gasteiger partial charge in [0.25, 0.3) is 0 Å². The SMILES string of the molecule is CCCS(=O)(=O)N1CCCC(C(=O)Nc2ncccc2C)C1. The minimum Gasteiger partial charge on any atom is -0.310 e. The molecule has 0 aromatic carbocycles. The highest BCUT2D eigenvalue weighted by Gasteiger charge is 2.32. The summed E-state index contributed by atoms with van der Waals surface area (Å²) in [5.41, 5.74) is 0.891. The summed E-state index contributed by atoms with van der Waals surface area (Å²) >= 11 is 0. The molecule has 0 aliphatic carbocycles. The molecule has 6 nitrogen and oxygen atoms in total. The lowest BCUT2D eigenvalue weighted by atomic mass is 9.99. The standard InChI is InChI=1S/C15H23N3O3S/c1-3-10-22(20,21)18-9-5-7-13(11-18)15(19)17-14-12(2)6-4-8-16-14/h4,6,8,13H,3,5,7,9-11H2,1-2H3,(H,16,17,19). The van der Waals surface area contributed by atoms with Crippen LogP contribution in [0.15, 0.2) is 18.3 Å². The van der Waals surface area contributed by atoms with Crippen molar-refractivity contribution in [1.29, 1.82) is 0 Å². The number of anilines is 1. The molecule has 0 radical (unpaired) electrons. The average Bonchev–Trinajstić information content (AvgIpc) is 2.49. The Balaban J connectivity index is 2.03. The van der Waals surface area contributed by atoms with Gasteiger partial charge in [0.15, 0.2) is 0 Å². The molecule has 0 bridgehead atoms. The van der Waals surface area contributed by atoms with Crippen LogP contribution in [0.1, 0.15) is 31.7 Å². The van der Waals surface area contributed by atoms with Crippen molar-refractivity contribution >= 4 is 21.7 Å². The maximum Gasteiger partial charge on any atom is 0.229 e. The zero-order valence-electron chi connectivity index (χ0n) is 13.1. The Morgan fingerprint density at radius 2 is 2.27 bits per heavy atom. The van der Waals surface area contributed by atoms with Crippen LogP contribution in [0.4, 0.5) is 5.82 Å². The van der Waals surface area contributed by atoms with Crippen LogP contribution in [-0.4, -0.2) is 42.5 Å². The van der Waals surface area contributed by atoms with Crippen LogP contribution in [0, 0.1) is 12.8 Å². The predicted octanol–water partition coefficient (Wildman–Crippen LogP) is 1.78. The number of aromatic nitrogens is 1. The third-order valence-corrected chi connectivity index (χ3v) is 5.90. The van der Waals surface area contributed by atoms with Crippen molar-refractivity contribution in [3.63, 3.8) is 0 Å². The second kappa shape index (κ2) is 7.19. The van der Waals surface area contributed by atoms with Gasteiger partial charge in [-0.1, -0.05) is 13.0 Å². The van der Waals surface area contributed by atoms with Crippen LogP contribution < -0.4 is 5.32 Å². The molecule has 0 spiro atoms. The first-order chi connectivity index (χ1) is 10.4. The van der Waals surface area contributed by atoms with Crippen LogP contribution in [0.3, 0.4) is 0 Å². The summed E-state index contributed by atoms with van der Waals surface area (Å²) < 4.78 is 25.8. The largest absolute Gasteiger partial charge is 0.310 e. The molecule has 1 aromatic rings. The van der Waals surface area contributed by atoms with Crippen LogP contribution in [0.25, 0.3) is 0 Å². The van der Waals surface area contributed by atoms with E-state index in [1.54, 1.807) is 6.20 Å². The van der Waals surface area contributed by atoms with E-state index in [-0.39, 0.29) is 24.1 Å². The Hall–Kier alpha value is -1.47. The Morgan fingerprint density at radius 1 is 1.50 bits per heavy atom. The Bertz CT molecular complexity index is 631. The molecule has 2 heterocycles. The number of amides is 1. The van der Waals surface area contributed by atoms with Gasteiger partial charge in [-0.25, -0.2) is 17.7 Å². The molecule has 1 aliphatic rings. The molecular weight excluding hydrogens is 302 g/mol. The normalized spacial score (nSPS) is 19.8. The van der Waals surface area contributed by atoms with Gasteiger partial charge in [-0.05, 0) is 37.8 Å². The molecular formula is C15H23N3O3S. The number of rotatable bonds is 5. The summed E-state index contributed by atoms with van der Waals surface area (Å²) in [6, 6.07) is 3.69. The number of hydrogen-bond donors (Lipinski definition) is 1. The van der Waals surface area contributed by atoms with Crippen LogP contribution in [0.2, 0.25) is 0 Å². The maximum absolute atomic E-state index is 12.4. The molecule has 22 heavy (non-hydrogen) atoms. The van der Waals surface area contributed by atoms with E-state index in [0.29, 0.717) is 31.6 Å². The van der Waals surface area contributed by atoms with E-state index in [2.05, 4.69) is 10.3 Å². The third kappa shape index (κ3) is 4.04. The average molecular weight is 325 g/mol. The fraction of sp³-hybridized carbons (Fsp3) is 0.600. The molecule has 1 unspecified atom stereocenters. The summed E-state index contributed by atoms with van der Waals surface area (Å²) in [5.74, 6) is 0.210. The monoisotopic (exact) mass is 325 g/mol. The van der Waals surface area contributed by atoms with Crippen molar-refractivity contribution in [2.45, 2.75) is 33.1 Å². The first-order valence-electron chi connectivity index (χ1n) is 7.64. The molecule has 1 aromatic heterocycles. The Kier molecular flexibility index (Phi) is 5.52. The molecule has 7 heteroatoms. The van der Waals surface area contributed by atoms with Crippen molar-refractivity contribution in [2.24, 2.45) is 5.92 Å². The van der Waals surface area contributed by atoms with E-state index in [4.69, 9.17) is 0 Å². The van der Waals surface area contributed by atoms with Crippen molar-refractivity contribution < 1.29 is 13.2 Å². The molecule has 1 N–H and O–H groups in total. The van der Waals surface area contributed by atoms with Crippen LogP contribution in [0.5, 0.6) is 0 Å². The zero-order valence-corrected chi connectivity index (χ0v) is 13.9. The summed E-state index contributed by atoms with van der Waals surface area (Å²) in [6.45, 7) is 4.49. The number of carbonyl (C=O) groups excluding carboxylic acids is 1. The van der Waals surface area contributed by atoms with Crippen LogP contribution >= 0.6 is 0 Å². The number of carbonyl (C=O) groups is 1. The number of nitrogens with zero attached hydrogens (tertiary/aromatic N) is 2. The molecule has 1 amide bonds. The van der Waals surface area contributed by atoms with E-state index in [1.807, 2.05) is 26.0 Å². The van der Waals surface area contributed by atoms with Gasteiger partial charge < -0.3 is 5.32 Å². The van der Waals surface area contributed by atoms with E-state index in [0.717, 1.165) is 5.56 Å². The number of pyridine rings is 1. The number of nitrogens with one attached hydrogen (secondary N) is 1. The lowest BCUT2D eigenvalue weighted by Crippen LogP contribution is -2.44. The first-order valence-corrected chi connectivity index (χ1v) is 9.25. The van der Waals surface area contributed by atoms with Crippen LogP contribution in [-0.2, 0) is 14.8 Å². The van der Waals surface area contributed by atoms with Gasteiger partial charge in [0.2, 0.25) is 15.9 Å². The Morgan fingerprint density at radius 3 is 2.95 bits per heavy atom. The van der Waals surface area contributed by atoms with E-state index in [1.165, 1.54) is 4.31 Å². The number of hydrogen-bond acceptors (Lipinski definition) is 4. The summed E-state index contributed by atoms with van der Waals surface area (Å²) in [7, 11) is -3.24. The lowest BCUT2D eigenvalue weighted by Gasteiger charge is -2.31. The molecule has 0 saturated carbocycles. The Labute approximate surface area is 132 Å². The highest BCUT2D eigenvalue weighted by atomic mass is 32.2. The molecule has 1 atom stereocenters. The second-order valence-electron chi connectivity index (χ2n) is 5.67. The highest BCUT2D eigenvalue weighted by molar-refractivity contribution is 7.89. The quantitative estimate of drug-likeness (QED) is 0.895. The van der Waals surface area contributed by atoms with E-state index in [9.17, 15) is 13.2 Å². The first kappa shape index (κ1) is 16.9. The second-order valence-corrected chi connectivity index (χ2v) is 7.76. The van der Waals surface area contributed by atoms with Crippen molar-refractivity contribution in [3.05, 3.63) is 23.9 Å². The fourth-order valence-corrected chi connectivity index (χ4v) is 4.22. The van der Waals surface area contributed by atoms with Gasteiger partial charge in [0, 0.05) is 19.3 Å². The number of piperidine rings is 1. The molecule has 1 aliphatic heterocycles. The molecule has 2 rings (SSSR count). The fourth-order valence-electron chi connectivity index (χ4n) is 2.63. The predicted molar refractivity (Wildman–Crippen MR) is 86.0 cm³/mol. The summed E-state index contributed by atoms with van der Waals surface area (Å²) in [5, 5.41) is 2.81. The number of aryl methyl sites for hydroxylation is 1. The highest BCUT2D eigenvalue weighted by Crippen LogP contribution is 2.21. The molecule has 1 saturated heterocycles. The van der Waals surface area contributed by atoms with Gasteiger partial charge in [0.1, 0.15) is 5.82 Å². The van der Waals surface area contributed by atoms with Gasteiger partial charge in [0.05, 0.1) is 11.7 Å². The van der Waals surface area contributed by atoms with Gasteiger partial charge in [-0.15, -0.1) is 0 Å². The van der Waals surface area contributed by atoms with Gasteiger partial charge in [-0.3, -0.25) is 4.79 Å². The van der Waals surface area contributed by atoms with Gasteiger partial charge in [-0.2, -0.15) is 0 Å².